The molecule has 0 saturated carbocycles. The number of methoxy groups -OCH3 is 2. The summed E-state index contributed by atoms with van der Waals surface area (Å²) in [5, 5.41) is 7.16. The molecule has 1 N–H and O–H groups in total. The summed E-state index contributed by atoms with van der Waals surface area (Å²) in [7, 11) is 3.29. The molecule has 0 spiro atoms. The van der Waals surface area contributed by atoms with Crippen LogP contribution in [0.5, 0.6) is 11.5 Å². The summed E-state index contributed by atoms with van der Waals surface area (Å²) in [6.45, 7) is 0. The van der Waals surface area contributed by atoms with Gasteiger partial charge < -0.3 is 9.47 Å². The minimum Gasteiger partial charge on any atom is -0.493 e. The molecule has 0 aliphatic rings. The lowest BCUT2D eigenvalue weighted by molar-refractivity contribution is 0.355. The zero-order valence-corrected chi connectivity index (χ0v) is 12.7. The Balaban J connectivity index is 2.09. The molecule has 0 aliphatic carbocycles. The molecular formula is C18H18N2O2. The van der Waals surface area contributed by atoms with E-state index in [1.807, 2.05) is 42.6 Å². The second-order valence-electron chi connectivity index (χ2n) is 4.99. The summed E-state index contributed by atoms with van der Waals surface area (Å²) >= 11 is 0. The van der Waals surface area contributed by atoms with Crippen LogP contribution in [0.2, 0.25) is 0 Å². The van der Waals surface area contributed by atoms with Gasteiger partial charge in [-0.1, -0.05) is 30.3 Å². The number of aromatic nitrogens is 2. The maximum absolute atomic E-state index is 5.43. The molecule has 112 valence electrons. The predicted molar refractivity (Wildman–Crippen MR) is 86.4 cm³/mol. The Kier molecular flexibility index (Phi) is 4.10. The van der Waals surface area contributed by atoms with Crippen molar-refractivity contribution in [1.82, 2.24) is 10.2 Å². The molecule has 0 atom stereocenters. The molecule has 0 unspecified atom stereocenters. The van der Waals surface area contributed by atoms with Gasteiger partial charge in [0, 0.05) is 11.8 Å². The first-order valence-corrected chi connectivity index (χ1v) is 7.11. The van der Waals surface area contributed by atoms with E-state index < -0.39 is 0 Å². The summed E-state index contributed by atoms with van der Waals surface area (Å²) in [5.74, 6) is 1.44. The van der Waals surface area contributed by atoms with Crippen molar-refractivity contribution in [2.75, 3.05) is 14.2 Å². The maximum Gasteiger partial charge on any atom is 0.161 e. The van der Waals surface area contributed by atoms with Crippen molar-refractivity contribution in [2.24, 2.45) is 0 Å². The molecule has 0 saturated heterocycles. The topological polar surface area (TPSA) is 47.1 Å². The van der Waals surface area contributed by atoms with Gasteiger partial charge in [0.1, 0.15) is 0 Å². The molecule has 4 nitrogen and oxygen atoms in total. The highest BCUT2D eigenvalue weighted by molar-refractivity contribution is 5.69. The zero-order valence-electron chi connectivity index (χ0n) is 12.7. The van der Waals surface area contributed by atoms with E-state index in [4.69, 9.17) is 9.47 Å². The fourth-order valence-corrected chi connectivity index (χ4v) is 2.53. The Bertz CT molecular complexity index is 737. The van der Waals surface area contributed by atoms with E-state index in [2.05, 4.69) is 22.3 Å². The highest BCUT2D eigenvalue weighted by atomic mass is 16.5. The number of nitrogens with one attached hydrogen (secondary N) is 1. The van der Waals surface area contributed by atoms with Crippen LogP contribution in [0.4, 0.5) is 0 Å². The van der Waals surface area contributed by atoms with Crippen LogP contribution in [0.15, 0.2) is 54.7 Å². The predicted octanol–water partition coefficient (Wildman–Crippen LogP) is 3.68. The summed E-state index contributed by atoms with van der Waals surface area (Å²) < 4.78 is 10.9. The number of ether oxygens (including phenoxy) is 2. The fraction of sp³-hybridized carbons (Fsp3) is 0.167. The van der Waals surface area contributed by atoms with Gasteiger partial charge in [0.2, 0.25) is 0 Å². The molecule has 1 aromatic heterocycles. The van der Waals surface area contributed by atoms with E-state index in [1.54, 1.807) is 14.2 Å². The molecule has 4 heteroatoms. The molecular weight excluding hydrogens is 276 g/mol. The molecule has 0 amide bonds. The number of hydrogen-bond acceptors (Lipinski definition) is 3. The number of aromatic amines is 1. The van der Waals surface area contributed by atoms with E-state index in [0.717, 1.165) is 29.0 Å². The van der Waals surface area contributed by atoms with Crippen LogP contribution < -0.4 is 9.47 Å². The second kappa shape index (κ2) is 6.35. The van der Waals surface area contributed by atoms with Crippen molar-refractivity contribution in [3.8, 4) is 22.8 Å². The molecule has 0 aliphatic heterocycles. The van der Waals surface area contributed by atoms with Gasteiger partial charge in [-0.15, -0.1) is 0 Å². The molecule has 2 aromatic carbocycles. The van der Waals surface area contributed by atoms with Gasteiger partial charge in [-0.25, -0.2) is 0 Å². The first-order valence-electron chi connectivity index (χ1n) is 7.11. The minimum atomic E-state index is 0.706. The summed E-state index contributed by atoms with van der Waals surface area (Å²) in [4.78, 5) is 0. The van der Waals surface area contributed by atoms with E-state index in [9.17, 15) is 0 Å². The van der Waals surface area contributed by atoms with Gasteiger partial charge >= 0.3 is 0 Å². The first kappa shape index (κ1) is 14.2. The fourth-order valence-electron chi connectivity index (χ4n) is 2.53. The molecule has 0 radical (unpaired) electrons. The van der Waals surface area contributed by atoms with Crippen LogP contribution in [0.25, 0.3) is 11.3 Å². The van der Waals surface area contributed by atoms with E-state index in [-0.39, 0.29) is 0 Å². The van der Waals surface area contributed by atoms with Crippen LogP contribution in [0.1, 0.15) is 11.1 Å². The summed E-state index contributed by atoms with van der Waals surface area (Å²) in [6, 6.07) is 16.3. The lowest BCUT2D eigenvalue weighted by Crippen LogP contribution is -1.97. The van der Waals surface area contributed by atoms with Crippen molar-refractivity contribution in [3.05, 3.63) is 65.9 Å². The summed E-state index contributed by atoms with van der Waals surface area (Å²) in [5.41, 5.74) is 4.33. The van der Waals surface area contributed by atoms with Crippen molar-refractivity contribution in [2.45, 2.75) is 6.42 Å². The lowest BCUT2D eigenvalue weighted by atomic mass is 9.97. The van der Waals surface area contributed by atoms with Crippen LogP contribution >= 0.6 is 0 Å². The third kappa shape index (κ3) is 2.81. The Morgan fingerprint density at radius 3 is 2.32 bits per heavy atom. The molecule has 3 rings (SSSR count). The quantitative estimate of drug-likeness (QED) is 0.780. The Morgan fingerprint density at radius 1 is 0.955 bits per heavy atom. The third-order valence-electron chi connectivity index (χ3n) is 3.62. The normalized spacial score (nSPS) is 10.5. The average molecular weight is 294 g/mol. The van der Waals surface area contributed by atoms with Crippen LogP contribution in [-0.2, 0) is 6.42 Å². The molecule has 0 fully saturated rings. The van der Waals surface area contributed by atoms with E-state index in [0.29, 0.717) is 5.75 Å². The average Bonchev–Trinajstić information content (AvgIpc) is 3.09. The zero-order chi connectivity index (χ0) is 15.4. The third-order valence-corrected chi connectivity index (χ3v) is 3.62. The monoisotopic (exact) mass is 294 g/mol. The largest absolute Gasteiger partial charge is 0.493 e. The van der Waals surface area contributed by atoms with Crippen molar-refractivity contribution < 1.29 is 9.47 Å². The number of H-pyrrole nitrogens is 1. The molecule has 3 aromatic rings. The lowest BCUT2D eigenvalue weighted by Gasteiger charge is -2.14. The van der Waals surface area contributed by atoms with Crippen molar-refractivity contribution in [3.63, 3.8) is 0 Å². The second-order valence-corrected chi connectivity index (χ2v) is 4.99. The van der Waals surface area contributed by atoms with Gasteiger partial charge in [0.05, 0.1) is 19.9 Å². The Morgan fingerprint density at radius 2 is 1.68 bits per heavy atom. The van der Waals surface area contributed by atoms with Crippen LogP contribution in [0.3, 0.4) is 0 Å². The first-order chi connectivity index (χ1) is 10.8. The number of benzene rings is 2. The Labute approximate surface area is 129 Å². The SMILES string of the molecule is COc1cc(Cc2ccccc2)c(-c2cc[nH]n2)cc1OC. The molecule has 1 heterocycles. The van der Waals surface area contributed by atoms with Gasteiger partial charge in [-0.2, -0.15) is 5.10 Å². The number of rotatable bonds is 5. The highest BCUT2D eigenvalue weighted by Crippen LogP contribution is 2.36. The minimum absolute atomic E-state index is 0.706. The molecule has 22 heavy (non-hydrogen) atoms. The van der Waals surface area contributed by atoms with Crippen molar-refractivity contribution >= 4 is 0 Å². The number of hydrogen-bond donors (Lipinski definition) is 1. The van der Waals surface area contributed by atoms with Gasteiger partial charge in [0.25, 0.3) is 0 Å². The molecule has 0 bridgehead atoms. The van der Waals surface area contributed by atoms with Crippen LogP contribution in [-0.4, -0.2) is 24.4 Å². The van der Waals surface area contributed by atoms with Gasteiger partial charge in [-0.05, 0) is 35.7 Å². The van der Waals surface area contributed by atoms with Crippen LogP contribution in [0, 0.1) is 0 Å². The Hall–Kier alpha value is -2.75. The van der Waals surface area contributed by atoms with E-state index in [1.165, 1.54) is 5.56 Å². The van der Waals surface area contributed by atoms with Crippen molar-refractivity contribution in [1.29, 1.82) is 0 Å². The highest BCUT2D eigenvalue weighted by Gasteiger charge is 2.14. The standard InChI is InChI=1S/C18H18N2O2/c1-21-17-11-14(10-13-6-4-3-5-7-13)15(12-18(17)22-2)16-8-9-19-20-16/h3-9,11-12H,10H2,1-2H3,(H,19,20). The number of nitrogens with zero attached hydrogens (tertiary/aromatic N) is 1. The van der Waals surface area contributed by atoms with E-state index >= 15 is 0 Å². The maximum atomic E-state index is 5.43. The van der Waals surface area contributed by atoms with Gasteiger partial charge in [-0.3, -0.25) is 5.10 Å². The van der Waals surface area contributed by atoms with Gasteiger partial charge in [0.15, 0.2) is 11.5 Å². The summed E-state index contributed by atoms with van der Waals surface area (Å²) in [6.07, 6.45) is 2.63. The smallest absolute Gasteiger partial charge is 0.161 e.